The zero-order valence-electron chi connectivity index (χ0n) is 9.38. The molecule has 98 valence electrons. The van der Waals surface area contributed by atoms with Gasteiger partial charge in [0, 0.05) is 6.54 Å². The highest BCUT2D eigenvalue weighted by Gasteiger charge is 2.20. The van der Waals surface area contributed by atoms with E-state index >= 15 is 0 Å². The molecule has 18 heavy (non-hydrogen) atoms. The van der Waals surface area contributed by atoms with Crippen molar-refractivity contribution in [2.45, 2.75) is 3.92 Å². The van der Waals surface area contributed by atoms with Gasteiger partial charge in [0.2, 0.25) is 0 Å². The summed E-state index contributed by atoms with van der Waals surface area (Å²) in [5, 5.41) is 2.27. The van der Waals surface area contributed by atoms with Crippen LogP contribution < -0.4 is 5.32 Å². The van der Waals surface area contributed by atoms with Crippen molar-refractivity contribution >= 4 is 34.5 Å². The molecular weight excluding hydrogens is 359 g/mol. The molecule has 0 aromatic heterocycles. The molecule has 1 amide bonds. The third-order valence-corrected chi connectivity index (χ3v) is 3.04. The van der Waals surface area contributed by atoms with Gasteiger partial charge in [-0.1, -0.05) is 28.7 Å². The summed E-state index contributed by atoms with van der Waals surface area (Å²) in [6, 6.07) is 3.14. The lowest BCUT2D eigenvalue weighted by atomic mass is 10.2. The lowest BCUT2D eigenvalue weighted by Gasteiger charge is -2.10. The van der Waals surface area contributed by atoms with E-state index in [0.29, 0.717) is 0 Å². The quantitative estimate of drug-likeness (QED) is 0.499. The van der Waals surface area contributed by atoms with Crippen LogP contribution in [0.2, 0.25) is 0 Å². The molecule has 0 aliphatic carbocycles. The van der Waals surface area contributed by atoms with Gasteiger partial charge in [-0.05, 0) is 12.1 Å². The van der Waals surface area contributed by atoms with Gasteiger partial charge in [-0.3, -0.25) is 9.59 Å². The Bertz CT molecular complexity index is 447. The number of nitrogens with one attached hydrogen (secondary N) is 1. The predicted octanol–water partition coefficient (Wildman–Crippen LogP) is 1.67. The van der Waals surface area contributed by atoms with E-state index in [1.54, 1.807) is 22.6 Å². The fraction of sp³-hybridized carbons (Fsp3) is 0.273. The largest absolute Gasteiger partial charge is 0.468 e. The number of ether oxygens (including phenoxy) is 1. The van der Waals surface area contributed by atoms with Gasteiger partial charge in [-0.2, -0.15) is 0 Å². The number of amides is 1. The molecule has 0 bridgehead atoms. The minimum atomic E-state index is -0.949. The van der Waals surface area contributed by atoms with Gasteiger partial charge in [-0.25, -0.2) is 8.78 Å². The van der Waals surface area contributed by atoms with E-state index in [1.807, 2.05) is 0 Å². The third-order valence-electron chi connectivity index (χ3n) is 2.09. The number of hydrogen-bond donors (Lipinski definition) is 1. The molecular formula is C11H10F2INO3. The average molecular weight is 369 g/mol. The molecule has 0 aliphatic rings. The van der Waals surface area contributed by atoms with E-state index < -0.39 is 33.0 Å². The first-order chi connectivity index (χ1) is 8.47. The van der Waals surface area contributed by atoms with Crippen LogP contribution >= 0.6 is 22.6 Å². The fourth-order valence-electron chi connectivity index (χ4n) is 1.20. The smallest absolute Gasteiger partial charge is 0.320 e. The van der Waals surface area contributed by atoms with Gasteiger partial charge in [0.05, 0.1) is 7.11 Å². The Kier molecular flexibility index (Phi) is 5.45. The van der Waals surface area contributed by atoms with Crippen LogP contribution in [0.25, 0.3) is 0 Å². The van der Waals surface area contributed by atoms with Crippen LogP contribution in [-0.4, -0.2) is 29.5 Å². The van der Waals surface area contributed by atoms with Gasteiger partial charge in [0.1, 0.15) is 21.1 Å². The van der Waals surface area contributed by atoms with Crippen LogP contribution in [0.1, 0.15) is 10.4 Å². The maximum absolute atomic E-state index is 13.3. The van der Waals surface area contributed by atoms with E-state index in [9.17, 15) is 18.4 Å². The summed E-state index contributed by atoms with van der Waals surface area (Å²) in [6.45, 7) is -0.0696. The highest BCUT2D eigenvalue weighted by Crippen LogP contribution is 2.12. The van der Waals surface area contributed by atoms with Crippen molar-refractivity contribution in [2.75, 3.05) is 13.7 Å². The van der Waals surface area contributed by atoms with Crippen molar-refractivity contribution in [2.24, 2.45) is 0 Å². The maximum atomic E-state index is 13.3. The molecule has 1 aromatic rings. The lowest BCUT2D eigenvalue weighted by molar-refractivity contribution is -0.139. The van der Waals surface area contributed by atoms with Crippen LogP contribution in [0, 0.1) is 11.6 Å². The second-order valence-corrected chi connectivity index (χ2v) is 4.80. The number of hydrogen-bond acceptors (Lipinski definition) is 3. The van der Waals surface area contributed by atoms with E-state index in [-0.39, 0.29) is 6.54 Å². The fourth-order valence-corrected chi connectivity index (χ4v) is 1.67. The van der Waals surface area contributed by atoms with Crippen molar-refractivity contribution in [1.82, 2.24) is 5.32 Å². The van der Waals surface area contributed by atoms with Crippen LogP contribution in [-0.2, 0) is 9.53 Å². The number of halogens is 3. The molecule has 1 N–H and O–H groups in total. The van der Waals surface area contributed by atoms with Gasteiger partial charge in [0.15, 0.2) is 0 Å². The van der Waals surface area contributed by atoms with Gasteiger partial charge >= 0.3 is 5.97 Å². The van der Waals surface area contributed by atoms with Crippen LogP contribution in [0.15, 0.2) is 18.2 Å². The summed E-state index contributed by atoms with van der Waals surface area (Å²) >= 11 is 1.76. The summed E-state index contributed by atoms with van der Waals surface area (Å²) in [5.74, 6) is -3.33. The number of rotatable bonds is 4. The monoisotopic (exact) mass is 369 g/mol. The van der Waals surface area contributed by atoms with Gasteiger partial charge in [-0.15, -0.1) is 0 Å². The minimum absolute atomic E-state index is 0.0696. The average Bonchev–Trinajstić information content (AvgIpc) is 2.34. The van der Waals surface area contributed by atoms with E-state index in [4.69, 9.17) is 0 Å². The van der Waals surface area contributed by atoms with Crippen LogP contribution in [0.3, 0.4) is 0 Å². The molecule has 0 spiro atoms. The Morgan fingerprint density at radius 3 is 2.44 bits per heavy atom. The molecule has 0 fully saturated rings. The first-order valence-corrected chi connectivity index (χ1v) is 6.16. The number of benzene rings is 1. The van der Waals surface area contributed by atoms with E-state index in [2.05, 4.69) is 10.1 Å². The molecule has 7 heteroatoms. The van der Waals surface area contributed by atoms with Crippen molar-refractivity contribution in [3.63, 3.8) is 0 Å². The Balaban J connectivity index is 2.69. The Morgan fingerprint density at radius 1 is 1.39 bits per heavy atom. The molecule has 1 unspecified atom stereocenters. The van der Waals surface area contributed by atoms with Crippen LogP contribution in [0.4, 0.5) is 8.78 Å². The Morgan fingerprint density at radius 2 is 1.94 bits per heavy atom. The summed E-state index contributed by atoms with van der Waals surface area (Å²) in [4.78, 5) is 22.6. The summed E-state index contributed by atoms with van der Waals surface area (Å²) in [7, 11) is 1.21. The van der Waals surface area contributed by atoms with Gasteiger partial charge < -0.3 is 10.1 Å². The molecule has 4 nitrogen and oxygen atoms in total. The number of alkyl halides is 1. The predicted molar refractivity (Wildman–Crippen MR) is 68.5 cm³/mol. The lowest BCUT2D eigenvalue weighted by Crippen LogP contribution is -2.34. The van der Waals surface area contributed by atoms with Gasteiger partial charge in [0.25, 0.3) is 5.91 Å². The van der Waals surface area contributed by atoms with E-state index in [1.165, 1.54) is 7.11 Å². The molecule has 0 saturated heterocycles. The topological polar surface area (TPSA) is 55.4 Å². The standard InChI is InChI=1S/C11H10F2INO3/c1-18-11(17)8(14)5-15-10(16)9-6(12)3-2-4-7(9)13/h2-4,8H,5H2,1H3,(H,15,16). The maximum Gasteiger partial charge on any atom is 0.320 e. The number of carbonyl (C=O) groups is 2. The zero-order valence-corrected chi connectivity index (χ0v) is 11.5. The summed E-state index contributed by atoms with van der Waals surface area (Å²) in [5.41, 5.74) is -0.661. The number of methoxy groups -OCH3 is 1. The molecule has 0 aliphatic heterocycles. The van der Waals surface area contributed by atoms with E-state index in [0.717, 1.165) is 18.2 Å². The molecule has 1 rings (SSSR count). The van der Waals surface area contributed by atoms with Crippen molar-refractivity contribution < 1.29 is 23.1 Å². The molecule has 1 atom stereocenters. The SMILES string of the molecule is COC(=O)C(I)CNC(=O)c1c(F)cccc1F. The minimum Gasteiger partial charge on any atom is -0.468 e. The second-order valence-electron chi connectivity index (χ2n) is 3.30. The first kappa shape index (κ1) is 14.8. The summed E-state index contributed by atoms with van der Waals surface area (Å²) in [6.07, 6.45) is 0. The molecule has 1 aromatic carbocycles. The highest BCUT2D eigenvalue weighted by molar-refractivity contribution is 14.1. The number of esters is 1. The Hall–Kier alpha value is -1.25. The molecule has 0 heterocycles. The van der Waals surface area contributed by atoms with Crippen molar-refractivity contribution in [3.8, 4) is 0 Å². The first-order valence-electron chi connectivity index (χ1n) is 4.91. The number of carbonyl (C=O) groups excluding carboxylic acids is 2. The Labute approximate surface area is 116 Å². The highest BCUT2D eigenvalue weighted by atomic mass is 127. The third kappa shape index (κ3) is 3.62. The second kappa shape index (κ2) is 6.62. The molecule has 0 saturated carbocycles. The summed E-state index contributed by atoms with van der Waals surface area (Å²) < 4.78 is 30.3. The van der Waals surface area contributed by atoms with Crippen LogP contribution in [0.5, 0.6) is 0 Å². The van der Waals surface area contributed by atoms with Crippen molar-refractivity contribution in [1.29, 1.82) is 0 Å². The zero-order chi connectivity index (χ0) is 13.7. The molecule has 0 radical (unpaired) electrons. The van der Waals surface area contributed by atoms with Crippen molar-refractivity contribution in [3.05, 3.63) is 35.4 Å². The normalized spacial score (nSPS) is 11.8.